The number of ether oxygens (including phenoxy) is 1. The van der Waals surface area contributed by atoms with Gasteiger partial charge >= 0.3 is 6.36 Å². The molecular weight excluding hydrogens is 281 g/mol. The molecule has 1 aliphatic heterocycles. The summed E-state index contributed by atoms with van der Waals surface area (Å²) >= 11 is 0. The lowest BCUT2D eigenvalue weighted by Crippen LogP contribution is -2.23. The van der Waals surface area contributed by atoms with Crippen molar-refractivity contribution in [1.29, 1.82) is 5.41 Å². The number of nitrogens with zero attached hydrogens (tertiary/aromatic N) is 1. The molecule has 0 atom stereocenters. The molecule has 0 spiro atoms. The van der Waals surface area contributed by atoms with Gasteiger partial charge in [-0.15, -0.1) is 13.2 Å². The molecule has 21 heavy (non-hydrogen) atoms. The second-order valence-electron chi connectivity index (χ2n) is 4.63. The van der Waals surface area contributed by atoms with Crippen LogP contribution in [0.2, 0.25) is 0 Å². The average Bonchev–Trinajstić information content (AvgIpc) is 2.76. The highest BCUT2D eigenvalue weighted by Gasteiger charge is 2.31. The van der Waals surface area contributed by atoms with Gasteiger partial charge in [0.15, 0.2) is 0 Å². The van der Waals surface area contributed by atoms with Gasteiger partial charge in [-0.25, -0.2) is 0 Å². The predicted molar refractivity (Wildman–Crippen MR) is 72.6 cm³/mol. The molecule has 2 aromatic rings. The summed E-state index contributed by atoms with van der Waals surface area (Å²) in [6.45, 7) is 0.536. The van der Waals surface area contributed by atoms with Gasteiger partial charge in [-0.2, -0.15) is 0 Å². The first-order valence-electron chi connectivity index (χ1n) is 6.24. The largest absolute Gasteiger partial charge is 0.573 e. The molecule has 0 radical (unpaired) electrons. The van der Waals surface area contributed by atoms with Gasteiger partial charge in [-0.3, -0.25) is 5.41 Å². The van der Waals surface area contributed by atoms with Crippen molar-refractivity contribution in [2.45, 2.75) is 12.9 Å². The van der Waals surface area contributed by atoms with Crippen molar-refractivity contribution in [2.75, 3.05) is 4.90 Å². The van der Waals surface area contributed by atoms with E-state index in [0.717, 1.165) is 11.1 Å². The Bertz CT molecular complexity index is 680. The lowest BCUT2D eigenvalue weighted by Gasteiger charge is -2.18. The second-order valence-corrected chi connectivity index (χ2v) is 4.63. The number of alkyl halides is 3. The molecule has 0 bridgehead atoms. The Hall–Kier alpha value is -2.50. The summed E-state index contributed by atoms with van der Waals surface area (Å²) in [7, 11) is 0. The first-order valence-corrected chi connectivity index (χ1v) is 6.24. The van der Waals surface area contributed by atoms with Crippen molar-refractivity contribution in [1.82, 2.24) is 0 Å². The van der Waals surface area contributed by atoms with E-state index < -0.39 is 6.36 Å². The summed E-state index contributed by atoms with van der Waals surface area (Å²) in [5, 5.41) is 8.14. The van der Waals surface area contributed by atoms with Gasteiger partial charge in [0, 0.05) is 11.3 Å². The molecule has 0 saturated heterocycles. The minimum Gasteiger partial charge on any atom is -0.406 e. The fourth-order valence-corrected chi connectivity index (χ4v) is 2.33. The molecule has 0 amide bonds. The lowest BCUT2D eigenvalue weighted by atomic mass is 10.1. The van der Waals surface area contributed by atoms with Crippen LogP contribution in [0.25, 0.3) is 0 Å². The Morgan fingerprint density at radius 3 is 2.29 bits per heavy atom. The molecule has 0 fully saturated rings. The van der Waals surface area contributed by atoms with E-state index in [1.54, 1.807) is 4.90 Å². The van der Waals surface area contributed by atoms with Gasteiger partial charge in [-0.1, -0.05) is 24.3 Å². The smallest absolute Gasteiger partial charge is 0.406 e. The molecule has 0 aromatic heterocycles. The van der Waals surface area contributed by atoms with Crippen LogP contribution in [-0.2, 0) is 6.54 Å². The molecular formula is C15H11F3N2O. The number of rotatable bonds is 2. The van der Waals surface area contributed by atoms with Crippen LogP contribution in [0.4, 0.5) is 18.9 Å². The van der Waals surface area contributed by atoms with Gasteiger partial charge in [0.25, 0.3) is 0 Å². The highest BCUT2D eigenvalue weighted by molar-refractivity contribution is 6.11. The monoisotopic (exact) mass is 292 g/mol. The van der Waals surface area contributed by atoms with E-state index in [-0.39, 0.29) is 5.75 Å². The van der Waals surface area contributed by atoms with E-state index in [4.69, 9.17) is 5.41 Å². The summed E-state index contributed by atoms with van der Waals surface area (Å²) in [6.07, 6.45) is -4.70. The van der Waals surface area contributed by atoms with Crippen molar-refractivity contribution < 1.29 is 17.9 Å². The summed E-state index contributed by atoms with van der Waals surface area (Å²) in [5.74, 6) is 0.0737. The standard InChI is InChI=1S/C15H11F3N2O/c16-15(17,18)21-12-7-5-11(6-8-12)20-9-10-3-1-2-4-13(10)14(20)19/h1-8,19H,9H2. The Kier molecular flexibility index (Phi) is 3.08. The molecule has 0 aliphatic carbocycles. The Morgan fingerprint density at radius 1 is 1.00 bits per heavy atom. The van der Waals surface area contributed by atoms with Crippen molar-refractivity contribution in [3.05, 3.63) is 59.7 Å². The van der Waals surface area contributed by atoms with Crippen LogP contribution in [0, 0.1) is 5.41 Å². The highest BCUT2D eigenvalue weighted by Crippen LogP contribution is 2.30. The maximum absolute atomic E-state index is 12.1. The summed E-state index contributed by atoms with van der Waals surface area (Å²) in [4.78, 5) is 1.74. The molecule has 6 heteroatoms. The molecule has 3 rings (SSSR count). The van der Waals surface area contributed by atoms with Crippen LogP contribution in [0.5, 0.6) is 5.75 Å². The Balaban J connectivity index is 1.82. The number of benzene rings is 2. The van der Waals surface area contributed by atoms with Crippen molar-refractivity contribution in [3.63, 3.8) is 0 Å². The molecule has 3 nitrogen and oxygen atoms in total. The van der Waals surface area contributed by atoms with Crippen molar-refractivity contribution in [3.8, 4) is 5.75 Å². The van der Waals surface area contributed by atoms with Crippen LogP contribution < -0.4 is 9.64 Å². The molecule has 0 saturated carbocycles. The van der Waals surface area contributed by atoms with Crippen LogP contribution in [0.15, 0.2) is 48.5 Å². The van der Waals surface area contributed by atoms with E-state index in [1.165, 1.54) is 24.3 Å². The minimum absolute atomic E-state index is 0.269. The summed E-state index contributed by atoms with van der Waals surface area (Å²) < 4.78 is 40.2. The number of hydrogen-bond acceptors (Lipinski definition) is 2. The van der Waals surface area contributed by atoms with E-state index >= 15 is 0 Å². The van der Waals surface area contributed by atoms with Crippen LogP contribution in [0.3, 0.4) is 0 Å². The molecule has 2 aromatic carbocycles. The fourth-order valence-electron chi connectivity index (χ4n) is 2.33. The van der Waals surface area contributed by atoms with Crippen molar-refractivity contribution in [2.24, 2.45) is 0 Å². The van der Waals surface area contributed by atoms with E-state index in [9.17, 15) is 13.2 Å². The third-order valence-corrected chi connectivity index (χ3v) is 3.25. The first kappa shape index (κ1) is 13.5. The molecule has 1 aliphatic rings. The predicted octanol–water partition coefficient (Wildman–Crippen LogP) is 3.93. The summed E-state index contributed by atoms with van der Waals surface area (Å²) in [6, 6.07) is 13.1. The zero-order chi connectivity index (χ0) is 15.0. The number of amidine groups is 1. The third-order valence-electron chi connectivity index (χ3n) is 3.25. The second kappa shape index (κ2) is 4.80. The zero-order valence-corrected chi connectivity index (χ0v) is 10.8. The minimum atomic E-state index is -4.70. The van der Waals surface area contributed by atoms with E-state index in [0.29, 0.717) is 18.1 Å². The normalized spacial score (nSPS) is 14.2. The third kappa shape index (κ3) is 2.69. The van der Waals surface area contributed by atoms with Gasteiger partial charge in [0.1, 0.15) is 11.6 Å². The van der Waals surface area contributed by atoms with Gasteiger partial charge in [0.05, 0.1) is 6.54 Å². The van der Waals surface area contributed by atoms with Crippen molar-refractivity contribution >= 4 is 11.5 Å². The van der Waals surface area contributed by atoms with E-state index in [2.05, 4.69) is 4.74 Å². The highest BCUT2D eigenvalue weighted by atomic mass is 19.4. The van der Waals surface area contributed by atoms with Gasteiger partial charge < -0.3 is 9.64 Å². The average molecular weight is 292 g/mol. The maximum atomic E-state index is 12.1. The molecule has 108 valence electrons. The molecule has 1 heterocycles. The lowest BCUT2D eigenvalue weighted by molar-refractivity contribution is -0.274. The van der Waals surface area contributed by atoms with Crippen LogP contribution in [-0.4, -0.2) is 12.2 Å². The van der Waals surface area contributed by atoms with E-state index in [1.807, 2.05) is 24.3 Å². The first-order chi connectivity index (χ1) is 9.94. The van der Waals surface area contributed by atoms with Crippen LogP contribution >= 0.6 is 0 Å². The molecule has 1 N–H and O–H groups in total. The maximum Gasteiger partial charge on any atom is 0.573 e. The molecule has 0 unspecified atom stereocenters. The topological polar surface area (TPSA) is 36.3 Å². The van der Waals surface area contributed by atoms with Crippen LogP contribution in [0.1, 0.15) is 11.1 Å². The number of nitrogens with one attached hydrogen (secondary N) is 1. The number of anilines is 1. The SMILES string of the molecule is N=C1c2ccccc2CN1c1ccc(OC(F)(F)F)cc1. The summed E-state index contributed by atoms with van der Waals surface area (Å²) in [5.41, 5.74) is 2.52. The fraction of sp³-hybridized carbons (Fsp3) is 0.133. The number of halogens is 3. The quantitative estimate of drug-likeness (QED) is 0.910. The van der Waals surface area contributed by atoms with Gasteiger partial charge in [0.2, 0.25) is 0 Å². The Morgan fingerprint density at radius 2 is 1.67 bits per heavy atom. The Labute approximate surface area is 119 Å². The number of hydrogen-bond donors (Lipinski definition) is 1. The number of fused-ring (bicyclic) bond motifs is 1. The zero-order valence-electron chi connectivity index (χ0n) is 10.8. The van der Waals surface area contributed by atoms with Gasteiger partial charge in [-0.05, 0) is 29.8 Å².